The summed E-state index contributed by atoms with van der Waals surface area (Å²) in [4.78, 5) is 0.491. The fourth-order valence-electron chi connectivity index (χ4n) is 4.85. The molecule has 1 fully saturated rings. The molecule has 0 radical (unpaired) electrons. The second-order valence-corrected chi connectivity index (χ2v) is 13.2. The van der Waals surface area contributed by atoms with E-state index < -0.39 is 33.1 Å². The Hall–Kier alpha value is -3.25. The standard InChI is InChI=1S/C28H22ClF3N2O4S2/c1-27(11-12-33-15-27)38-23-13-16(9-10-20(23)28(30,31)32)34-40(35,36)24-14-21(29)26(39-24)19-7-4-6-18-17-5-2-3-8-22(17)37-25(18)19/h2-10,13-14,33-34H,11-12,15H2,1H3/t27-/m1/s1. The van der Waals surface area contributed by atoms with Gasteiger partial charge in [0.05, 0.1) is 21.2 Å². The minimum Gasteiger partial charge on any atom is -0.485 e. The topological polar surface area (TPSA) is 80.6 Å². The lowest BCUT2D eigenvalue weighted by atomic mass is 10.1. The Morgan fingerprint density at radius 2 is 1.85 bits per heavy atom. The van der Waals surface area contributed by atoms with Gasteiger partial charge < -0.3 is 14.5 Å². The zero-order chi connectivity index (χ0) is 28.3. The molecule has 0 unspecified atom stereocenters. The maximum absolute atomic E-state index is 13.7. The van der Waals surface area contributed by atoms with Crippen LogP contribution in [0.5, 0.6) is 5.75 Å². The van der Waals surface area contributed by atoms with Crippen LogP contribution in [0.3, 0.4) is 0 Å². The molecule has 1 aliphatic heterocycles. The summed E-state index contributed by atoms with van der Waals surface area (Å²) in [7, 11) is -4.20. The SMILES string of the molecule is C[C@@]1(Oc2cc(NS(=O)(=O)c3cc(Cl)c(-c4cccc5c4oc4ccccc45)s3)ccc2C(F)(F)F)CCNC1. The Morgan fingerprint density at radius 3 is 2.60 bits per heavy atom. The van der Waals surface area contributed by atoms with Crippen LogP contribution in [0.4, 0.5) is 18.9 Å². The largest absolute Gasteiger partial charge is 0.485 e. The Labute approximate surface area is 236 Å². The summed E-state index contributed by atoms with van der Waals surface area (Å²) in [5.41, 5.74) is -0.00928. The Balaban J connectivity index is 1.35. The Morgan fingerprint density at radius 1 is 1.07 bits per heavy atom. The van der Waals surface area contributed by atoms with Crippen LogP contribution in [-0.4, -0.2) is 27.1 Å². The van der Waals surface area contributed by atoms with Gasteiger partial charge >= 0.3 is 6.18 Å². The lowest BCUT2D eigenvalue weighted by molar-refractivity contribution is -0.139. The zero-order valence-electron chi connectivity index (χ0n) is 20.9. The zero-order valence-corrected chi connectivity index (χ0v) is 23.3. The molecule has 1 saturated heterocycles. The number of ether oxygens (including phenoxy) is 1. The highest BCUT2D eigenvalue weighted by molar-refractivity contribution is 7.94. The van der Waals surface area contributed by atoms with Crippen LogP contribution in [0.1, 0.15) is 18.9 Å². The lowest BCUT2D eigenvalue weighted by Gasteiger charge is -2.27. The predicted molar refractivity (Wildman–Crippen MR) is 151 cm³/mol. The summed E-state index contributed by atoms with van der Waals surface area (Å²) in [5, 5.41) is 5.06. The number of alkyl halides is 3. The van der Waals surface area contributed by atoms with Crippen molar-refractivity contribution in [2.45, 2.75) is 29.3 Å². The van der Waals surface area contributed by atoms with E-state index in [2.05, 4.69) is 10.0 Å². The van der Waals surface area contributed by atoms with E-state index in [1.165, 1.54) is 6.07 Å². The fraction of sp³-hybridized carbons (Fsp3) is 0.214. The van der Waals surface area contributed by atoms with Gasteiger partial charge in [-0.15, -0.1) is 11.3 Å². The molecule has 208 valence electrons. The first kappa shape index (κ1) is 26.9. The maximum atomic E-state index is 13.7. The molecule has 5 aromatic rings. The number of thiophene rings is 1. The van der Waals surface area contributed by atoms with Crippen molar-refractivity contribution in [2.75, 3.05) is 17.8 Å². The van der Waals surface area contributed by atoms with Gasteiger partial charge in [-0.2, -0.15) is 13.2 Å². The number of fused-ring (bicyclic) bond motifs is 3. The molecule has 6 nitrogen and oxygen atoms in total. The maximum Gasteiger partial charge on any atom is 0.419 e. The second-order valence-electron chi connectivity index (χ2n) is 9.82. The van der Waals surface area contributed by atoms with Crippen molar-refractivity contribution in [3.63, 3.8) is 0 Å². The van der Waals surface area contributed by atoms with Crippen LogP contribution in [-0.2, 0) is 16.2 Å². The highest BCUT2D eigenvalue weighted by Crippen LogP contribution is 2.44. The number of para-hydroxylation sites is 2. The number of furan rings is 1. The average molecular weight is 607 g/mol. The molecule has 1 aliphatic rings. The van der Waals surface area contributed by atoms with Crippen LogP contribution in [0.2, 0.25) is 5.02 Å². The minimum atomic E-state index is -4.68. The van der Waals surface area contributed by atoms with E-state index in [1.807, 2.05) is 36.4 Å². The van der Waals surface area contributed by atoms with E-state index >= 15 is 0 Å². The molecule has 3 aromatic carbocycles. The number of halogens is 4. The lowest BCUT2D eigenvalue weighted by Crippen LogP contribution is -2.35. The van der Waals surface area contributed by atoms with E-state index in [0.717, 1.165) is 40.3 Å². The molecule has 2 N–H and O–H groups in total. The van der Waals surface area contributed by atoms with Gasteiger partial charge in [0.25, 0.3) is 10.0 Å². The summed E-state index contributed by atoms with van der Waals surface area (Å²) < 4.78 is 82.0. The van der Waals surface area contributed by atoms with E-state index in [1.54, 1.807) is 13.0 Å². The third-order valence-electron chi connectivity index (χ3n) is 6.80. The van der Waals surface area contributed by atoms with Crippen molar-refractivity contribution in [1.82, 2.24) is 5.32 Å². The van der Waals surface area contributed by atoms with E-state index in [0.29, 0.717) is 41.1 Å². The Bertz CT molecular complexity index is 1860. The van der Waals surface area contributed by atoms with Crippen molar-refractivity contribution in [3.8, 4) is 16.2 Å². The van der Waals surface area contributed by atoms with E-state index in [4.69, 9.17) is 20.8 Å². The van der Waals surface area contributed by atoms with Crippen LogP contribution in [0.25, 0.3) is 32.4 Å². The number of rotatable bonds is 6. The summed E-state index contributed by atoms with van der Waals surface area (Å²) in [6.07, 6.45) is -4.17. The smallest absolute Gasteiger partial charge is 0.419 e. The molecule has 0 amide bonds. The molecule has 6 rings (SSSR count). The van der Waals surface area contributed by atoms with Crippen molar-refractivity contribution in [1.29, 1.82) is 0 Å². The monoisotopic (exact) mass is 606 g/mol. The van der Waals surface area contributed by atoms with Gasteiger partial charge in [-0.1, -0.05) is 41.9 Å². The van der Waals surface area contributed by atoms with Gasteiger partial charge in [0, 0.05) is 35.4 Å². The van der Waals surface area contributed by atoms with Crippen LogP contribution >= 0.6 is 22.9 Å². The highest BCUT2D eigenvalue weighted by atomic mass is 35.5. The number of benzene rings is 3. The number of sulfonamides is 1. The summed E-state index contributed by atoms with van der Waals surface area (Å²) in [5.74, 6) is -0.444. The molecule has 12 heteroatoms. The number of anilines is 1. The van der Waals surface area contributed by atoms with Gasteiger partial charge in [-0.25, -0.2) is 8.42 Å². The van der Waals surface area contributed by atoms with Gasteiger partial charge in [-0.3, -0.25) is 4.72 Å². The van der Waals surface area contributed by atoms with Gasteiger partial charge in [0.2, 0.25) is 0 Å². The van der Waals surface area contributed by atoms with Crippen molar-refractivity contribution in [2.24, 2.45) is 0 Å². The Kier molecular flexibility index (Phi) is 6.53. The average Bonchev–Trinajstić information content (AvgIpc) is 3.60. The normalized spacial score (nSPS) is 18.0. The third kappa shape index (κ3) is 4.91. The van der Waals surface area contributed by atoms with Crippen LogP contribution < -0.4 is 14.8 Å². The highest BCUT2D eigenvalue weighted by Gasteiger charge is 2.38. The molecule has 3 heterocycles. The fourth-order valence-corrected chi connectivity index (χ4v) is 7.73. The molecular weight excluding hydrogens is 585 g/mol. The van der Waals surface area contributed by atoms with Crippen molar-refractivity contribution < 1.29 is 30.7 Å². The third-order valence-corrected chi connectivity index (χ3v) is 10.2. The first-order valence-corrected chi connectivity index (χ1v) is 15.0. The summed E-state index contributed by atoms with van der Waals surface area (Å²) >= 11 is 7.46. The molecule has 0 saturated carbocycles. The van der Waals surface area contributed by atoms with Gasteiger partial charge in [0.15, 0.2) is 0 Å². The molecular formula is C28H22ClF3N2O4S2. The molecule has 0 aliphatic carbocycles. The van der Waals surface area contributed by atoms with Crippen molar-refractivity contribution in [3.05, 3.63) is 77.3 Å². The van der Waals surface area contributed by atoms with Gasteiger partial charge in [0.1, 0.15) is 26.7 Å². The van der Waals surface area contributed by atoms with E-state index in [-0.39, 0.29) is 14.9 Å². The van der Waals surface area contributed by atoms with Crippen molar-refractivity contribution >= 4 is 60.6 Å². The number of nitrogens with one attached hydrogen (secondary N) is 2. The first-order chi connectivity index (χ1) is 18.9. The quantitative estimate of drug-likeness (QED) is 0.205. The summed E-state index contributed by atoms with van der Waals surface area (Å²) in [6.45, 7) is 2.68. The number of hydrogen-bond donors (Lipinski definition) is 2. The van der Waals surface area contributed by atoms with Crippen LogP contribution in [0.15, 0.2) is 75.4 Å². The van der Waals surface area contributed by atoms with E-state index in [9.17, 15) is 21.6 Å². The molecule has 1 atom stereocenters. The molecule has 0 bridgehead atoms. The predicted octanol–water partition coefficient (Wildman–Crippen LogP) is 7.92. The minimum absolute atomic E-state index is 0.0667. The summed E-state index contributed by atoms with van der Waals surface area (Å²) in [6, 6.07) is 17.4. The van der Waals surface area contributed by atoms with Gasteiger partial charge in [-0.05, 0) is 43.8 Å². The number of hydrogen-bond acceptors (Lipinski definition) is 6. The van der Waals surface area contributed by atoms with Crippen LogP contribution in [0, 0.1) is 0 Å². The first-order valence-electron chi connectivity index (χ1n) is 12.3. The molecule has 40 heavy (non-hydrogen) atoms. The molecule has 2 aromatic heterocycles. The second kappa shape index (κ2) is 9.69. The molecule has 0 spiro atoms.